The Bertz CT molecular complexity index is 309. The van der Waals surface area contributed by atoms with Crippen molar-refractivity contribution < 1.29 is 5.11 Å². The second kappa shape index (κ2) is 3.04. The van der Waals surface area contributed by atoms with Crippen molar-refractivity contribution >= 4 is 0 Å². The number of aliphatic hydroxyl groups is 1. The molecule has 3 rings (SSSR count). The van der Waals surface area contributed by atoms with Crippen molar-refractivity contribution in [1.29, 1.82) is 0 Å². The molecule has 16 heavy (non-hydrogen) atoms. The monoisotopic (exact) mass is 222 g/mol. The Balaban J connectivity index is 2.05. The lowest BCUT2D eigenvalue weighted by Crippen LogP contribution is -2.31. The van der Waals surface area contributed by atoms with Gasteiger partial charge in [-0.2, -0.15) is 0 Å². The van der Waals surface area contributed by atoms with Crippen LogP contribution in [0.4, 0.5) is 0 Å². The molecule has 92 valence electrons. The van der Waals surface area contributed by atoms with Crippen LogP contribution in [-0.2, 0) is 0 Å². The molecule has 3 aliphatic rings. The quantitative estimate of drug-likeness (QED) is 0.665. The van der Waals surface area contributed by atoms with Gasteiger partial charge < -0.3 is 5.11 Å². The lowest BCUT2D eigenvalue weighted by atomic mass is 9.68. The Kier molecular flexibility index (Phi) is 2.11. The van der Waals surface area contributed by atoms with Gasteiger partial charge in [0.25, 0.3) is 0 Å². The Hall–Kier alpha value is -0.0400. The lowest BCUT2D eigenvalue weighted by molar-refractivity contribution is 0.0602. The molecule has 6 atom stereocenters. The highest BCUT2D eigenvalue weighted by Crippen LogP contribution is 2.72. The summed E-state index contributed by atoms with van der Waals surface area (Å²) in [5.74, 6) is 2.79. The largest absolute Gasteiger partial charge is 0.393 e. The summed E-state index contributed by atoms with van der Waals surface area (Å²) in [7, 11) is 0. The molecule has 0 aliphatic heterocycles. The minimum Gasteiger partial charge on any atom is -0.393 e. The van der Waals surface area contributed by atoms with Gasteiger partial charge in [-0.1, -0.05) is 27.7 Å². The second-order valence-corrected chi connectivity index (χ2v) is 7.70. The summed E-state index contributed by atoms with van der Waals surface area (Å²) in [6.45, 7) is 9.54. The van der Waals surface area contributed by atoms with E-state index in [1.54, 1.807) is 0 Å². The summed E-state index contributed by atoms with van der Waals surface area (Å²) < 4.78 is 0. The van der Waals surface area contributed by atoms with Crippen LogP contribution in [0.5, 0.6) is 0 Å². The van der Waals surface area contributed by atoms with Crippen LogP contribution < -0.4 is 0 Å². The third-order valence-corrected chi connectivity index (χ3v) is 6.35. The summed E-state index contributed by atoms with van der Waals surface area (Å²) in [5.41, 5.74) is 0.963. The molecule has 1 nitrogen and oxygen atoms in total. The molecule has 0 saturated heterocycles. The number of hydrogen-bond acceptors (Lipinski definition) is 1. The van der Waals surface area contributed by atoms with Crippen molar-refractivity contribution in [3.8, 4) is 0 Å². The molecule has 0 aromatic carbocycles. The molecule has 0 bridgehead atoms. The lowest BCUT2D eigenvalue weighted by Gasteiger charge is -2.36. The van der Waals surface area contributed by atoms with E-state index in [-0.39, 0.29) is 6.10 Å². The van der Waals surface area contributed by atoms with E-state index in [0.29, 0.717) is 22.7 Å². The predicted molar refractivity (Wildman–Crippen MR) is 66.0 cm³/mol. The van der Waals surface area contributed by atoms with Gasteiger partial charge >= 0.3 is 0 Å². The van der Waals surface area contributed by atoms with E-state index in [4.69, 9.17) is 0 Å². The Morgan fingerprint density at radius 2 is 1.75 bits per heavy atom. The molecule has 0 aromatic heterocycles. The summed E-state index contributed by atoms with van der Waals surface area (Å²) in [5, 5.41) is 10.5. The van der Waals surface area contributed by atoms with E-state index < -0.39 is 0 Å². The molecule has 3 fully saturated rings. The summed E-state index contributed by atoms with van der Waals surface area (Å²) in [4.78, 5) is 0. The van der Waals surface area contributed by atoms with Crippen LogP contribution in [0.1, 0.15) is 53.4 Å². The first-order chi connectivity index (χ1) is 7.38. The van der Waals surface area contributed by atoms with Gasteiger partial charge in [0.05, 0.1) is 6.10 Å². The van der Waals surface area contributed by atoms with Crippen molar-refractivity contribution in [3.05, 3.63) is 0 Å². The highest BCUT2D eigenvalue weighted by Gasteiger charge is 2.67. The van der Waals surface area contributed by atoms with Gasteiger partial charge in [0.15, 0.2) is 0 Å². The number of hydrogen-bond donors (Lipinski definition) is 1. The first kappa shape index (κ1) is 11.1. The van der Waals surface area contributed by atoms with Gasteiger partial charge in [-0.05, 0) is 60.2 Å². The van der Waals surface area contributed by atoms with E-state index in [1.807, 2.05) is 0 Å². The summed E-state index contributed by atoms with van der Waals surface area (Å²) >= 11 is 0. The topological polar surface area (TPSA) is 20.2 Å². The third kappa shape index (κ3) is 1.11. The highest BCUT2D eigenvalue weighted by molar-refractivity contribution is 5.16. The number of rotatable bonds is 0. The maximum atomic E-state index is 10.5. The summed E-state index contributed by atoms with van der Waals surface area (Å²) in [6, 6.07) is 0. The second-order valence-electron chi connectivity index (χ2n) is 7.70. The third-order valence-electron chi connectivity index (χ3n) is 6.35. The molecular weight excluding hydrogens is 196 g/mol. The van der Waals surface area contributed by atoms with Crippen molar-refractivity contribution in [3.63, 3.8) is 0 Å². The molecule has 2 unspecified atom stereocenters. The average molecular weight is 222 g/mol. The Morgan fingerprint density at radius 3 is 2.44 bits per heavy atom. The molecule has 0 amide bonds. The minimum absolute atomic E-state index is 0.0190. The van der Waals surface area contributed by atoms with Crippen LogP contribution in [0, 0.1) is 34.5 Å². The first-order valence-electron chi connectivity index (χ1n) is 7.06. The van der Waals surface area contributed by atoms with Crippen molar-refractivity contribution in [2.75, 3.05) is 0 Å². The van der Waals surface area contributed by atoms with Crippen LogP contribution in [0.3, 0.4) is 0 Å². The Morgan fingerprint density at radius 1 is 1.06 bits per heavy atom. The van der Waals surface area contributed by atoms with E-state index in [2.05, 4.69) is 27.7 Å². The molecule has 0 radical (unpaired) electrons. The molecule has 1 N–H and O–H groups in total. The smallest absolute Gasteiger partial charge is 0.0602 e. The summed E-state index contributed by atoms with van der Waals surface area (Å²) in [6.07, 6.45) is 5.35. The van der Waals surface area contributed by atoms with Crippen LogP contribution in [0.15, 0.2) is 0 Å². The normalized spacial score (nSPS) is 58.7. The van der Waals surface area contributed by atoms with Gasteiger partial charge in [0.1, 0.15) is 0 Å². The van der Waals surface area contributed by atoms with Crippen LogP contribution in [-0.4, -0.2) is 11.2 Å². The zero-order valence-corrected chi connectivity index (χ0v) is 11.2. The number of aliphatic hydroxyl groups excluding tert-OH is 1. The highest BCUT2D eigenvalue weighted by atomic mass is 16.3. The Labute approximate surface area is 99.6 Å². The zero-order chi connectivity index (χ0) is 11.7. The fourth-order valence-electron chi connectivity index (χ4n) is 5.89. The molecular formula is C15H26O. The van der Waals surface area contributed by atoms with Crippen LogP contribution >= 0.6 is 0 Å². The predicted octanol–water partition coefficient (Wildman–Crippen LogP) is 3.47. The van der Waals surface area contributed by atoms with Crippen LogP contribution in [0.25, 0.3) is 0 Å². The molecule has 0 aromatic rings. The molecule has 1 spiro atoms. The van der Waals surface area contributed by atoms with E-state index in [9.17, 15) is 5.11 Å². The SMILES string of the molecule is CC1C(O)[C@@H]2CC(C)(C)C[C@@]23[C@H](C)CC[C@@H]13. The fraction of sp³-hybridized carbons (Fsp3) is 1.00. The van der Waals surface area contributed by atoms with E-state index in [0.717, 1.165) is 11.8 Å². The molecule has 3 saturated carbocycles. The molecule has 0 heterocycles. The van der Waals surface area contributed by atoms with Crippen molar-refractivity contribution in [1.82, 2.24) is 0 Å². The maximum absolute atomic E-state index is 10.5. The maximum Gasteiger partial charge on any atom is 0.0602 e. The van der Waals surface area contributed by atoms with E-state index >= 15 is 0 Å². The van der Waals surface area contributed by atoms with Gasteiger partial charge in [0.2, 0.25) is 0 Å². The average Bonchev–Trinajstić information content (AvgIpc) is 2.70. The van der Waals surface area contributed by atoms with Crippen molar-refractivity contribution in [2.45, 2.75) is 59.5 Å². The van der Waals surface area contributed by atoms with Gasteiger partial charge in [-0.15, -0.1) is 0 Å². The van der Waals surface area contributed by atoms with Gasteiger partial charge in [-0.3, -0.25) is 0 Å². The van der Waals surface area contributed by atoms with Gasteiger partial charge in [0, 0.05) is 0 Å². The molecule has 1 heteroatoms. The fourth-order valence-corrected chi connectivity index (χ4v) is 5.89. The first-order valence-corrected chi connectivity index (χ1v) is 7.06. The van der Waals surface area contributed by atoms with Crippen molar-refractivity contribution in [2.24, 2.45) is 34.5 Å². The van der Waals surface area contributed by atoms with Gasteiger partial charge in [-0.25, -0.2) is 0 Å². The molecule has 3 aliphatic carbocycles. The zero-order valence-electron chi connectivity index (χ0n) is 11.2. The minimum atomic E-state index is -0.0190. The van der Waals surface area contributed by atoms with E-state index in [1.165, 1.54) is 25.7 Å². The standard InChI is InChI=1S/C15H26O/c1-9-5-6-11-10(2)13(16)12-7-14(3,4)8-15(9,11)12/h9-13,16H,5-8H2,1-4H3/t9-,10?,11+,12+,13?,15+/m1/s1. The van der Waals surface area contributed by atoms with Crippen LogP contribution in [0.2, 0.25) is 0 Å².